The van der Waals surface area contributed by atoms with Gasteiger partial charge in [-0.05, 0) is 32.6 Å². The number of nitrogens with one attached hydrogen (secondary N) is 2. The molecule has 1 aliphatic heterocycles. The number of aryl methyl sites for hydroxylation is 1. The second kappa shape index (κ2) is 6.46. The van der Waals surface area contributed by atoms with Crippen LogP contribution in [-0.2, 0) is 4.79 Å². The minimum absolute atomic E-state index is 0.108. The maximum Gasteiger partial charge on any atom is 0.273 e. The molecule has 120 valence electrons. The zero-order valence-corrected chi connectivity index (χ0v) is 13.0. The van der Waals surface area contributed by atoms with E-state index in [1.807, 2.05) is 4.90 Å². The summed E-state index contributed by atoms with van der Waals surface area (Å²) in [5, 5.41) is 13.2. The Morgan fingerprint density at radius 2 is 1.82 bits per heavy atom. The molecule has 1 aromatic heterocycles. The molecule has 1 aromatic rings. The minimum atomic E-state index is -0.188. The van der Waals surface area contributed by atoms with Crippen molar-refractivity contribution in [2.75, 3.05) is 13.1 Å². The highest BCUT2D eigenvalue weighted by molar-refractivity contribution is 5.93. The molecule has 2 amide bonds. The van der Waals surface area contributed by atoms with Crippen LogP contribution in [0.1, 0.15) is 54.7 Å². The van der Waals surface area contributed by atoms with Crippen molar-refractivity contribution in [1.29, 1.82) is 0 Å². The van der Waals surface area contributed by atoms with Crippen molar-refractivity contribution in [2.45, 2.75) is 51.5 Å². The molecular weight excluding hydrogens is 282 g/mol. The Morgan fingerprint density at radius 1 is 1.14 bits per heavy atom. The molecule has 0 aromatic carbocycles. The standard InChI is InChI=1S/C15H23N5O2/c1-10-13(18-19-17-10)14(21)16-12-6-8-20(9-7-12)15(22)11-4-2-3-5-11/h11-12H,2-9H2,1H3,(H,16,21)(H,17,18,19). The van der Waals surface area contributed by atoms with Crippen molar-refractivity contribution in [3.8, 4) is 0 Å². The third kappa shape index (κ3) is 3.13. The quantitative estimate of drug-likeness (QED) is 0.872. The molecule has 0 spiro atoms. The summed E-state index contributed by atoms with van der Waals surface area (Å²) in [5.74, 6) is 0.366. The molecule has 2 aliphatic rings. The molecule has 2 N–H and O–H groups in total. The van der Waals surface area contributed by atoms with Crippen LogP contribution in [0.4, 0.5) is 0 Å². The van der Waals surface area contributed by atoms with Gasteiger partial charge in [0.1, 0.15) is 0 Å². The van der Waals surface area contributed by atoms with E-state index in [2.05, 4.69) is 20.7 Å². The Bertz CT molecular complexity index is 542. The average molecular weight is 305 g/mol. The third-order valence-corrected chi connectivity index (χ3v) is 4.78. The number of H-pyrrole nitrogens is 1. The van der Waals surface area contributed by atoms with Gasteiger partial charge in [0.05, 0.1) is 5.69 Å². The van der Waals surface area contributed by atoms with E-state index in [4.69, 9.17) is 0 Å². The number of nitrogens with zero attached hydrogens (tertiary/aromatic N) is 3. The molecule has 1 saturated carbocycles. The van der Waals surface area contributed by atoms with Crippen LogP contribution in [0.15, 0.2) is 0 Å². The van der Waals surface area contributed by atoms with Gasteiger partial charge in [0.25, 0.3) is 5.91 Å². The van der Waals surface area contributed by atoms with Crippen LogP contribution in [-0.4, -0.2) is 51.3 Å². The molecule has 1 saturated heterocycles. The Kier molecular flexibility index (Phi) is 4.40. The van der Waals surface area contributed by atoms with Gasteiger partial charge in [-0.3, -0.25) is 9.59 Å². The monoisotopic (exact) mass is 305 g/mol. The number of hydrogen-bond donors (Lipinski definition) is 2. The molecule has 7 heteroatoms. The number of likely N-dealkylation sites (tertiary alicyclic amines) is 1. The van der Waals surface area contributed by atoms with Gasteiger partial charge in [0, 0.05) is 25.0 Å². The molecule has 7 nitrogen and oxygen atoms in total. The number of carbonyl (C=O) groups is 2. The van der Waals surface area contributed by atoms with Crippen molar-refractivity contribution in [1.82, 2.24) is 25.6 Å². The Hall–Kier alpha value is -1.92. The largest absolute Gasteiger partial charge is 0.348 e. The lowest BCUT2D eigenvalue weighted by molar-refractivity contribution is -0.136. The number of aromatic amines is 1. The van der Waals surface area contributed by atoms with E-state index < -0.39 is 0 Å². The number of aromatic nitrogens is 3. The molecule has 0 atom stereocenters. The van der Waals surface area contributed by atoms with Crippen molar-refractivity contribution in [3.05, 3.63) is 11.4 Å². The smallest absolute Gasteiger partial charge is 0.273 e. The van der Waals surface area contributed by atoms with Crippen molar-refractivity contribution in [2.24, 2.45) is 5.92 Å². The maximum atomic E-state index is 12.4. The van der Waals surface area contributed by atoms with E-state index in [9.17, 15) is 9.59 Å². The van der Waals surface area contributed by atoms with E-state index in [0.29, 0.717) is 17.3 Å². The van der Waals surface area contributed by atoms with Crippen LogP contribution >= 0.6 is 0 Å². The first-order valence-corrected chi connectivity index (χ1v) is 8.12. The second-order valence-electron chi connectivity index (χ2n) is 6.31. The van der Waals surface area contributed by atoms with Gasteiger partial charge >= 0.3 is 0 Å². The number of piperidine rings is 1. The summed E-state index contributed by atoms with van der Waals surface area (Å²) in [5.41, 5.74) is 0.954. The Labute approximate surface area is 129 Å². The number of hydrogen-bond acceptors (Lipinski definition) is 4. The van der Waals surface area contributed by atoms with Gasteiger partial charge in [0.15, 0.2) is 5.69 Å². The lowest BCUT2D eigenvalue weighted by Gasteiger charge is -2.33. The van der Waals surface area contributed by atoms with Gasteiger partial charge < -0.3 is 10.2 Å². The fourth-order valence-corrected chi connectivity index (χ4v) is 3.43. The van der Waals surface area contributed by atoms with Crippen LogP contribution in [0.25, 0.3) is 0 Å². The average Bonchev–Trinajstić information content (AvgIpc) is 3.18. The zero-order valence-electron chi connectivity index (χ0n) is 13.0. The topological polar surface area (TPSA) is 91.0 Å². The minimum Gasteiger partial charge on any atom is -0.348 e. The van der Waals surface area contributed by atoms with E-state index in [1.165, 1.54) is 12.8 Å². The summed E-state index contributed by atoms with van der Waals surface area (Å²) in [4.78, 5) is 26.5. The van der Waals surface area contributed by atoms with Gasteiger partial charge in [-0.25, -0.2) is 0 Å². The first-order valence-electron chi connectivity index (χ1n) is 8.12. The molecule has 1 aliphatic carbocycles. The molecule has 3 rings (SSSR count). The van der Waals surface area contributed by atoms with Crippen LogP contribution in [0, 0.1) is 12.8 Å². The van der Waals surface area contributed by atoms with Crippen molar-refractivity contribution in [3.63, 3.8) is 0 Å². The van der Waals surface area contributed by atoms with Gasteiger partial charge in [0.2, 0.25) is 5.91 Å². The van der Waals surface area contributed by atoms with Gasteiger partial charge in [-0.2, -0.15) is 15.4 Å². The summed E-state index contributed by atoms with van der Waals surface area (Å²) in [6.07, 6.45) is 6.06. The maximum absolute atomic E-state index is 12.4. The highest BCUT2D eigenvalue weighted by Gasteiger charge is 2.30. The number of carbonyl (C=O) groups excluding carboxylic acids is 2. The SMILES string of the molecule is Cc1n[nH]nc1C(=O)NC1CCN(C(=O)C2CCCC2)CC1. The second-order valence-corrected chi connectivity index (χ2v) is 6.31. The van der Waals surface area contributed by atoms with Crippen LogP contribution in [0.5, 0.6) is 0 Å². The molecule has 0 radical (unpaired) electrons. The summed E-state index contributed by atoms with van der Waals surface area (Å²) >= 11 is 0. The molecule has 22 heavy (non-hydrogen) atoms. The lowest BCUT2D eigenvalue weighted by Crippen LogP contribution is -2.48. The summed E-state index contributed by atoms with van der Waals surface area (Å²) in [7, 11) is 0. The van der Waals surface area contributed by atoms with Crippen LogP contribution < -0.4 is 5.32 Å². The molecular formula is C15H23N5O2. The van der Waals surface area contributed by atoms with E-state index in [0.717, 1.165) is 38.8 Å². The fourth-order valence-electron chi connectivity index (χ4n) is 3.43. The summed E-state index contributed by atoms with van der Waals surface area (Å²) in [6.45, 7) is 3.22. The van der Waals surface area contributed by atoms with E-state index in [-0.39, 0.29) is 17.9 Å². The van der Waals surface area contributed by atoms with Gasteiger partial charge in [-0.1, -0.05) is 12.8 Å². The van der Waals surface area contributed by atoms with E-state index >= 15 is 0 Å². The predicted octanol–water partition coefficient (Wildman–Crippen LogP) is 1.02. The molecule has 2 fully saturated rings. The highest BCUT2D eigenvalue weighted by atomic mass is 16.2. The first-order chi connectivity index (χ1) is 10.6. The summed E-state index contributed by atoms with van der Waals surface area (Å²) in [6, 6.07) is 0.108. The van der Waals surface area contributed by atoms with E-state index in [1.54, 1.807) is 6.92 Å². The van der Waals surface area contributed by atoms with Gasteiger partial charge in [-0.15, -0.1) is 0 Å². The highest BCUT2D eigenvalue weighted by Crippen LogP contribution is 2.27. The van der Waals surface area contributed by atoms with Crippen LogP contribution in [0.2, 0.25) is 0 Å². The fraction of sp³-hybridized carbons (Fsp3) is 0.733. The molecule has 0 bridgehead atoms. The predicted molar refractivity (Wildman–Crippen MR) is 80.1 cm³/mol. The summed E-state index contributed by atoms with van der Waals surface area (Å²) < 4.78 is 0. The Morgan fingerprint density at radius 3 is 2.41 bits per heavy atom. The Balaban J connectivity index is 1.48. The lowest BCUT2D eigenvalue weighted by atomic mass is 10.0. The zero-order chi connectivity index (χ0) is 15.5. The molecule has 0 unspecified atom stereocenters. The van der Waals surface area contributed by atoms with Crippen molar-refractivity contribution < 1.29 is 9.59 Å². The normalized spacial score (nSPS) is 20.3. The third-order valence-electron chi connectivity index (χ3n) is 4.78. The van der Waals surface area contributed by atoms with Crippen molar-refractivity contribution >= 4 is 11.8 Å². The van der Waals surface area contributed by atoms with Crippen LogP contribution in [0.3, 0.4) is 0 Å². The molecule has 2 heterocycles. The number of rotatable bonds is 3. The first kappa shape index (κ1) is 15.0. The number of amides is 2.